The molecule has 23 heavy (non-hydrogen) atoms. The maximum atomic E-state index is 12.4. The summed E-state index contributed by atoms with van der Waals surface area (Å²) in [6.07, 6.45) is 0. The molecule has 0 aliphatic carbocycles. The highest BCUT2D eigenvalue weighted by Gasteiger charge is 2.13. The van der Waals surface area contributed by atoms with Gasteiger partial charge >= 0.3 is 6.61 Å². The lowest BCUT2D eigenvalue weighted by Crippen LogP contribution is -2.30. The van der Waals surface area contributed by atoms with Crippen molar-refractivity contribution < 1.29 is 22.8 Å². The average Bonchev–Trinajstić information content (AvgIpc) is 2.85. The Morgan fingerprint density at radius 1 is 1.43 bits per heavy atom. The number of carbonyl (C=O) groups is 1. The summed E-state index contributed by atoms with van der Waals surface area (Å²) in [5, 5.41) is 6.25. The van der Waals surface area contributed by atoms with Gasteiger partial charge in [0.2, 0.25) is 5.91 Å². The molecule has 0 atom stereocenters. The lowest BCUT2D eigenvalue weighted by atomic mass is 10.2. The number of hydrogen-bond acceptors (Lipinski definition) is 5. The van der Waals surface area contributed by atoms with Gasteiger partial charge in [-0.1, -0.05) is 23.4 Å². The van der Waals surface area contributed by atoms with Crippen molar-refractivity contribution in [3.63, 3.8) is 0 Å². The minimum atomic E-state index is -2.89. The molecule has 0 aliphatic heterocycles. The molecule has 8 heteroatoms. The minimum absolute atomic E-state index is 0.0644. The molecule has 0 fully saturated rings. The van der Waals surface area contributed by atoms with Crippen molar-refractivity contribution in [1.29, 1.82) is 0 Å². The van der Waals surface area contributed by atoms with Crippen LogP contribution in [0.3, 0.4) is 0 Å². The van der Waals surface area contributed by atoms with Crippen LogP contribution in [0, 0.1) is 6.92 Å². The predicted molar refractivity (Wildman–Crippen MR) is 79.3 cm³/mol. The van der Waals surface area contributed by atoms with Crippen LogP contribution in [0.2, 0.25) is 0 Å². The second kappa shape index (κ2) is 7.68. The zero-order chi connectivity index (χ0) is 16.8. The topological polar surface area (TPSA) is 67.6 Å². The highest BCUT2D eigenvalue weighted by atomic mass is 19.3. The van der Waals surface area contributed by atoms with Crippen molar-refractivity contribution in [2.24, 2.45) is 0 Å². The summed E-state index contributed by atoms with van der Waals surface area (Å²) in [7, 11) is 1.70. The summed E-state index contributed by atoms with van der Waals surface area (Å²) < 4.78 is 34.1. The number of nitrogens with zero attached hydrogens (tertiary/aromatic N) is 2. The summed E-state index contributed by atoms with van der Waals surface area (Å²) in [4.78, 5) is 13.6. The Morgan fingerprint density at radius 3 is 2.83 bits per heavy atom. The van der Waals surface area contributed by atoms with E-state index < -0.39 is 6.61 Å². The molecule has 1 aromatic heterocycles. The Hall–Kier alpha value is -2.48. The van der Waals surface area contributed by atoms with Crippen LogP contribution in [0.5, 0.6) is 5.75 Å². The van der Waals surface area contributed by atoms with Crippen LogP contribution in [0.15, 0.2) is 34.9 Å². The van der Waals surface area contributed by atoms with Crippen LogP contribution in [-0.4, -0.2) is 36.2 Å². The Labute approximate surface area is 132 Å². The Morgan fingerprint density at radius 2 is 2.17 bits per heavy atom. The highest BCUT2D eigenvalue weighted by Crippen LogP contribution is 2.21. The standard InChI is InChI=1S/C15H17F2N3O3/c1-10-7-13(19-23-10)18-14(21)9-20(2)8-11-5-3-4-6-12(11)22-15(16)17/h3-7,15H,8-9H2,1-2H3,(H,18,19,21). The van der Waals surface area contributed by atoms with Crippen molar-refractivity contribution in [3.8, 4) is 5.75 Å². The summed E-state index contributed by atoms with van der Waals surface area (Å²) >= 11 is 0. The number of benzene rings is 1. The van der Waals surface area contributed by atoms with Gasteiger partial charge in [0.15, 0.2) is 5.82 Å². The van der Waals surface area contributed by atoms with Crippen molar-refractivity contribution in [3.05, 3.63) is 41.7 Å². The van der Waals surface area contributed by atoms with Crippen LogP contribution in [0.25, 0.3) is 0 Å². The van der Waals surface area contributed by atoms with Gasteiger partial charge in [-0.15, -0.1) is 0 Å². The molecule has 0 radical (unpaired) electrons. The minimum Gasteiger partial charge on any atom is -0.434 e. The number of para-hydroxylation sites is 1. The first-order valence-corrected chi connectivity index (χ1v) is 6.88. The molecular formula is C15H17F2N3O3. The van der Waals surface area contributed by atoms with E-state index in [1.807, 2.05) is 0 Å². The van der Waals surface area contributed by atoms with Crippen LogP contribution >= 0.6 is 0 Å². The van der Waals surface area contributed by atoms with Gasteiger partial charge < -0.3 is 14.6 Å². The zero-order valence-corrected chi connectivity index (χ0v) is 12.8. The van der Waals surface area contributed by atoms with E-state index in [1.54, 1.807) is 43.1 Å². The van der Waals surface area contributed by atoms with Crippen LogP contribution in [0.4, 0.5) is 14.6 Å². The van der Waals surface area contributed by atoms with Gasteiger partial charge in [0.25, 0.3) is 0 Å². The number of alkyl halides is 2. The van der Waals surface area contributed by atoms with E-state index in [9.17, 15) is 13.6 Å². The van der Waals surface area contributed by atoms with E-state index in [0.717, 1.165) is 0 Å². The van der Waals surface area contributed by atoms with Crippen molar-refractivity contribution >= 4 is 11.7 Å². The predicted octanol–water partition coefficient (Wildman–Crippen LogP) is 2.65. The van der Waals surface area contributed by atoms with E-state index in [2.05, 4.69) is 15.2 Å². The van der Waals surface area contributed by atoms with Crippen molar-refractivity contribution in [2.75, 3.05) is 18.9 Å². The largest absolute Gasteiger partial charge is 0.434 e. The molecule has 1 amide bonds. The highest BCUT2D eigenvalue weighted by molar-refractivity contribution is 5.91. The Bertz CT molecular complexity index is 661. The number of rotatable bonds is 7. The van der Waals surface area contributed by atoms with E-state index in [0.29, 0.717) is 17.1 Å². The molecule has 0 unspecified atom stereocenters. The maximum Gasteiger partial charge on any atom is 0.387 e. The Kier molecular flexibility index (Phi) is 5.64. The molecule has 0 aliphatic rings. The van der Waals surface area contributed by atoms with E-state index in [-0.39, 0.29) is 24.7 Å². The number of anilines is 1. The van der Waals surface area contributed by atoms with Gasteiger partial charge in [0.05, 0.1) is 6.54 Å². The maximum absolute atomic E-state index is 12.4. The monoisotopic (exact) mass is 325 g/mol. The number of halogens is 2. The summed E-state index contributed by atoms with van der Waals surface area (Å²) in [5.74, 6) is 0.740. The molecule has 0 saturated carbocycles. The third kappa shape index (κ3) is 5.33. The molecule has 1 aromatic carbocycles. The molecule has 0 bridgehead atoms. The molecular weight excluding hydrogens is 308 g/mol. The van der Waals surface area contributed by atoms with Gasteiger partial charge in [0, 0.05) is 18.2 Å². The fourth-order valence-electron chi connectivity index (χ4n) is 2.04. The SMILES string of the molecule is Cc1cc(NC(=O)CN(C)Cc2ccccc2OC(F)F)no1. The molecule has 2 aromatic rings. The first kappa shape index (κ1) is 16.9. The second-order valence-electron chi connectivity index (χ2n) is 5.03. The normalized spacial score (nSPS) is 11.0. The molecule has 1 heterocycles. The molecule has 6 nitrogen and oxygen atoms in total. The summed E-state index contributed by atoms with van der Waals surface area (Å²) in [6.45, 7) is -0.821. The number of aromatic nitrogens is 1. The van der Waals surface area contributed by atoms with Gasteiger partial charge in [-0.05, 0) is 20.0 Å². The lowest BCUT2D eigenvalue weighted by molar-refractivity contribution is -0.117. The van der Waals surface area contributed by atoms with Gasteiger partial charge in [0.1, 0.15) is 11.5 Å². The first-order chi connectivity index (χ1) is 10.9. The quantitative estimate of drug-likeness (QED) is 0.848. The van der Waals surface area contributed by atoms with Crippen molar-refractivity contribution in [1.82, 2.24) is 10.1 Å². The summed E-state index contributed by atoms with van der Waals surface area (Å²) in [6, 6.07) is 8.07. The first-order valence-electron chi connectivity index (χ1n) is 6.88. The molecule has 0 spiro atoms. The van der Waals surface area contributed by atoms with Gasteiger partial charge in [-0.25, -0.2) is 0 Å². The third-order valence-corrected chi connectivity index (χ3v) is 2.94. The van der Waals surface area contributed by atoms with E-state index in [1.165, 1.54) is 6.07 Å². The van der Waals surface area contributed by atoms with Crippen LogP contribution in [-0.2, 0) is 11.3 Å². The van der Waals surface area contributed by atoms with E-state index in [4.69, 9.17) is 4.52 Å². The number of hydrogen-bond donors (Lipinski definition) is 1. The van der Waals surface area contributed by atoms with E-state index >= 15 is 0 Å². The number of likely N-dealkylation sites (N-methyl/N-ethyl adjacent to an activating group) is 1. The summed E-state index contributed by atoms with van der Waals surface area (Å²) in [5.41, 5.74) is 0.570. The van der Waals surface area contributed by atoms with Crippen molar-refractivity contribution in [2.45, 2.75) is 20.1 Å². The third-order valence-electron chi connectivity index (χ3n) is 2.94. The molecule has 124 valence electrons. The number of nitrogens with one attached hydrogen (secondary N) is 1. The van der Waals surface area contributed by atoms with Crippen LogP contribution in [0.1, 0.15) is 11.3 Å². The number of carbonyl (C=O) groups excluding carboxylic acids is 1. The lowest BCUT2D eigenvalue weighted by Gasteiger charge is -2.18. The number of ether oxygens (including phenoxy) is 1. The smallest absolute Gasteiger partial charge is 0.387 e. The van der Waals surface area contributed by atoms with Crippen LogP contribution < -0.4 is 10.1 Å². The molecule has 1 N–H and O–H groups in total. The average molecular weight is 325 g/mol. The number of aryl methyl sites for hydroxylation is 1. The second-order valence-corrected chi connectivity index (χ2v) is 5.03. The van der Waals surface area contributed by atoms with Gasteiger partial charge in [-0.2, -0.15) is 8.78 Å². The Balaban J connectivity index is 1.91. The zero-order valence-electron chi connectivity index (χ0n) is 12.8. The number of amides is 1. The fraction of sp³-hybridized carbons (Fsp3) is 0.333. The van der Waals surface area contributed by atoms with Gasteiger partial charge in [-0.3, -0.25) is 9.69 Å². The molecule has 0 saturated heterocycles. The molecule has 2 rings (SSSR count). The fourth-order valence-corrected chi connectivity index (χ4v) is 2.04.